The summed E-state index contributed by atoms with van der Waals surface area (Å²) in [5.74, 6) is -0.886. The van der Waals surface area contributed by atoms with Crippen LogP contribution in [0.5, 0.6) is 0 Å². The molecule has 0 bridgehead atoms. The number of carboxylic acids is 1. The Balaban J connectivity index is 1.80. The van der Waals surface area contributed by atoms with Crippen molar-refractivity contribution in [2.45, 2.75) is 44.8 Å². The van der Waals surface area contributed by atoms with E-state index in [0.717, 1.165) is 12.8 Å². The van der Waals surface area contributed by atoms with Crippen LogP contribution in [0.4, 0.5) is 4.79 Å². The van der Waals surface area contributed by atoms with Crippen LogP contribution in [0.1, 0.15) is 32.6 Å². The van der Waals surface area contributed by atoms with Crippen molar-refractivity contribution in [2.24, 2.45) is 11.8 Å². The van der Waals surface area contributed by atoms with Gasteiger partial charge in [0.05, 0.1) is 12.0 Å². The Hall–Kier alpha value is -1.30. The summed E-state index contributed by atoms with van der Waals surface area (Å²) in [6.07, 6.45) is 2.19. The number of amides is 2. The minimum absolute atomic E-state index is 0.0508. The number of aliphatic carboxylic acids is 1. The second-order valence-electron chi connectivity index (χ2n) is 5.77. The Bertz CT molecular complexity index is 361. The molecule has 0 aromatic heterocycles. The van der Waals surface area contributed by atoms with Crippen LogP contribution in [0, 0.1) is 11.8 Å². The quantitative estimate of drug-likeness (QED) is 0.687. The molecule has 1 aliphatic carbocycles. The molecule has 0 radical (unpaired) electrons. The van der Waals surface area contributed by atoms with E-state index in [-0.39, 0.29) is 23.9 Å². The van der Waals surface area contributed by atoms with Gasteiger partial charge in [-0.2, -0.15) is 0 Å². The molecule has 108 valence electrons. The van der Waals surface area contributed by atoms with E-state index in [9.17, 15) is 14.7 Å². The maximum absolute atomic E-state index is 12.0. The second kappa shape index (κ2) is 5.77. The van der Waals surface area contributed by atoms with Crippen molar-refractivity contribution >= 4 is 12.0 Å². The maximum Gasteiger partial charge on any atom is 0.317 e. The molecule has 6 nitrogen and oxygen atoms in total. The number of carbonyl (C=O) groups is 2. The second-order valence-corrected chi connectivity index (χ2v) is 5.77. The lowest BCUT2D eigenvalue weighted by atomic mass is 9.96. The van der Waals surface area contributed by atoms with E-state index in [4.69, 9.17) is 5.11 Å². The predicted molar refractivity (Wildman–Crippen MR) is 68.7 cm³/mol. The van der Waals surface area contributed by atoms with Gasteiger partial charge in [-0.1, -0.05) is 6.92 Å². The summed E-state index contributed by atoms with van der Waals surface area (Å²) >= 11 is 0. The number of urea groups is 1. The Morgan fingerprint density at radius 3 is 2.58 bits per heavy atom. The number of aliphatic hydroxyl groups excluding tert-OH is 1. The first-order valence-corrected chi connectivity index (χ1v) is 6.93. The van der Waals surface area contributed by atoms with Crippen LogP contribution < -0.4 is 5.32 Å². The van der Waals surface area contributed by atoms with E-state index < -0.39 is 12.1 Å². The number of rotatable bonds is 2. The van der Waals surface area contributed by atoms with Gasteiger partial charge in [0, 0.05) is 19.1 Å². The van der Waals surface area contributed by atoms with Gasteiger partial charge in [-0.3, -0.25) is 4.79 Å². The number of carbonyl (C=O) groups excluding carboxylic acids is 1. The molecule has 1 aliphatic heterocycles. The number of piperidine rings is 1. The minimum atomic E-state index is -0.779. The summed E-state index contributed by atoms with van der Waals surface area (Å²) < 4.78 is 0. The third kappa shape index (κ3) is 3.37. The third-order valence-electron chi connectivity index (χ3n) is 4.32. The summed E-state index contributed by atoms with van der Waals surface area (Å²) in [5.41, 5.74) is 0. The SMILES string of the molecule is CC1CCN(C(=O)N[C@H]2CC[C@@H](C(=O)O)C2)CC1O. The third-order valence-corrected chi connectivity index (χ3v) is 4.32. The van der Waals surface area contributed by atoms with Crippen LogP contribution in [-0.2, 0) is 4.79 Å². The molecule has 0 aromatic carbocycles. The van der Waals surface area contributed by atoms with Gasteiger partial charge < -0.3 is 20.4 Å². The highest BCUT2D eigenvalue weighted by molar-refractivity contribution is 5.75. The highest BCUT2D eigenvalue weighted by Crippen LogP contribution is 2.26. The number of β-amino-alcohol motifs (C(OH)–C–C–N with tert-alkyl or cyclic N) is 1. The van der Waals surface area contributed by atoms with Crippen molar-refractivity contribution in [3.05, 3.63) is 0 Å². The number of hydrogen-bond acceptors (Lipinski definition) is 3. The molecule has 2 aliphatic rings. The highest BCUT2D eigenvalue weighted by atomic mass is 16.4. The Kier molecular flexibility index (Phi) is 4.29. The average molecular weight is 270 g/mol. The lowest BCUT2D eigenvalue weighted by Crippen LogP contribution is -2.51. The van der Waals surface area contributed by atoms with E-state index in [1.165, 1.54) is 0 Å². The normalized spacial score (nSPS) is 35.2. The molecule has 2 unspecified atom stereocenters. The Morgan fingerprint density at radius 2 is 2.00 bits per heavy atom. The standard InChI is InChI=1S/C13H22N2O4/c1-8-4-5-15(7-11(8)16)13(19)14-10-3-2-9(6-10)12(17)18/h8-11,16H,2-7H2,1H3,(H,14,19)(H,17,18)/t8?,9-,10+,11?/m1/s1. The Morgan fingerprint density at radius 1 is 1.26 bits per heavy atom. The number of hydrogen-bond donors (Lipinski definition) is 3. The van der Waals surface area contributed by atoms with Crippen LogP contribution >= 0.6 is 0 Å². The van der Waals surface area contributed by atoms with Crippen molar-refractivity contribution < 1.29 is 19.8 Å². The fourth-order valence-corrected chi connectivity index (χ4v) is 2.84. The first-order valence-electron chi connectivity index (χ1n) is 6.93. The lowest BCUT2D eigenvalue weighted by molar-refractivity contribution is -0.141. The van der Waals surface area contributed by atoms with Gasteiger partial charge in [-0.25, -0.2) is 4.79 Å². The van der Waals surface area contributed by atoms with E-state index >= 15 is 0 Å². The van der Waals surface area contributed by atoms with Crippen molar-refractivity contribution in [3.8, 4) is 0 Å². The van der Waals surface area contributed by atoms with Crippen LogP contribution in [-0.4, -0.2) is 52.3 Å². The zero-order chi connectivity index (χ0) is 14.0. The van der Waals surface area contributed by atoms with E-state index in [1.54, 1.807) is 4.90 Å². The van der Waals surface area contributed by atoms with Gasteiger partial charge in [-0.05, 0) is 31.6 Å². The van der Waals surface area contributed by atoms with E-state index in [0.29, 0.717) is 25.9 Å². The first kappa shape index (κ1) is 14.1. The summed E-state index contributed by atoms with van der Waals surface area (Å²) in [4.78, 5) is 24.5. The molecule has 1 saturated heterocycles. The predicted octanol–water partition coefficient (Wildman–Crippen LogP) is 0.652. The number of carboxylic acid groups (broad SMARTS) is 1. The van der Waals surface area contributed by atoms with Crippen LogP contribution in [0.3, 0.4) is 0 Å². The zero-order valence-electron chi connectivity index (χ0n) is 11.2. The number of nitrogens with zero attached hydrogens (tertiary/aromatic N) is 1. The van der Waals surface area contributed by atoms with Gasteiger partial charge in [0.25, 0.3) is 0 Å². The lowest BCUT2D eigenvalue weighted by Gasteiger charge is -2.34. The fraction of sp³-hybridized carbons (Fsp3) is 0.846. The van der Waals surface area contributed by atoms with Gasteiger partial charge >= 0.3 is 12.0 Å². The fourth-order valence-electron chi connectivity index (χ4n) is 2.84. The molecule has 2 rings (SSSR count). The van der Waals surface area contributed by atoms with Crippen molar-refractivity contribution in [1.29, 1.82) is 0 Å². The summed E-state index contributed by atoms with van der Waals surface area (Å²) in [7, 11) is 0. The molecular formula is C13H22N2O4. The monoisotopic (exact) mass is 270 g/mol. The Labute approximate surface area is 112 Å². The van der Waals surface area contributed by atoms with Gasteiger partial charge in [0.1, 0.15) is 0 Å². The van der Waals surface area contributed by atoms with Crippen LogP contribution in [0.2, 0.25) is 0 Å². The molecule has 1 heterocycles. The van der Waals surface area contributed by atoms with Gasteiger partial charge in [0.2, 0.25) is 0 Å². The van der Waals surface area contributed by atoms with Crippen LogP contribution in [0.15, 0.2) is 0 Å². The molecule has 6 heteroatoms. The van der Waals surface area contributed by atoms with Gasteiger partial charge in [-0.15, -0.1) is 0 Å². The van der Waals surface area contributed by atoms with Gasteiger partial charge in [0.15, 0.2) is 0 Å². The zero-order valence-corrected chi connectivity index (χ0v) is 11.2. The smallest absolute Gasteiger partial charge is 0.317 e. The molecule has 2 amide bonds. The van der Waals surface area contributed by atoms with Crippen molar-refractivity contribution in [1.82, 2.24) is 10.2 Å². The summed E-state index contributed by atoms with van der Waals surface area (Å²) in [6, 6.07) is -0.230. The molecular weight excluding hydrogens is 248 g/mol. The molecule has 0 spiro atoms. The maximum atomic E-state index is 12.0. The van der Waals surface area contributed by atoms with Crippen LogP contribution in [0.25, 0.3) is 0 Å². The van der Waals surface area contributed by atoms with E-state index in [1.807, 2.05) is 6.92 Å². The topological polar surface area (TPSA) is 89.9 Å². The number of aliphatic hydroxyl groups is 1. The first-order chi connectivity index (χ1) is 8.97. The average Bonchev–Trinajstić information content (AvgIpc) is 2.81. The van der Waals surface area contributed by atoms with Crippen molar-refractivity contribution in [2.75, 3.05) is 13.1 Å². The molecule has 3 N–H and O–H groups in total. The molecule has 4 atom stereocenters. The van der Waals surface area contributed by atoms with Crippen molar-refractivity contribution in [3.63, 3.8) is 0 Å². The minimum Gasteiger partial charge on any atom is -0.481 e. The summed E-state index contributed by atoms with van der Waals surface area (Å²) in [6.45, 7) is 3.00. The summed E-state index contributed by atoms with van der Waals surface area (Å²) in [5, 5.41) is 21.6. The molecule has 1 saturated carbocycles. The number of likely N-dealkylation sites (tertiary alicyclic amines) is 1. The van der Waals surface area contributed by atoms with E-state index in [2.05, 4.69) is 5.32 Å². The molecule has 0 aromatic rings. The molecule has 2 fully saturated rings. The largest absolute Gasteiger partial charge is 0.481 e. The highest BCUT2D eigenvalue weighted by Gasteiger charge is 2.33. The molecule has 19 heavy (non-hydrogen) atoms. The number of nitrogens with one attached hydrogen (secondary N) is 1.